The van der Waals surface area contributed by atoms with Crippen LogP contribution in [0, 0.1) is 12.7 Å². The van der Waals surface area contributed by atoms with Gasteiger partial charge in [0.25, 0.3) is 5.91 Å². The molecule has 3 aromatic rings. The number of amides is 3. The monoisotopic (exact) mass is 524 g/mol. The minimum Gasteiger partial charge on any atom is -0.493 e. The molecule has 0 unspecified atom stereocenters. The van der Waals surface area contributed by atoms with E-state index >= 15 is 0 Å². The third-order valence-electron chi connectivity index (χ3n) is 5.32. The Morgan fingerprint density at radius 1 is 1.09 bits per heavy atom. The summed E-state index contributed by atoms with van der Waals surface area (Å²) in [5.74, 6) is -0.0278. The van der Waals surface area contributed by atoms with E-state index in [-0.39, 0.29) is 17.8 Å². The highest BCUT2D eigenvalue weighted by Gasteiger charge is 2.34. The molecule has 174 valence electrons. The first-order valence-electron chi connectivity index (χ1n) is 10.5. The van der Waals surface area contributed by atoms with Gasteiger partial charge in [0, 0.05) is 5.56 Å². The Morgan fingerprint density at radius 2 is 1.82 bits per heavy atom. The van der Waals surface area contributed by atoms with Gasteiger partial charge in [-0.3, -0.25) is 9.69 Å². The van der Waals surface area contributed by atoms with Crippen molar-refractivity contribution in [2.24, 2.45) is 0 Å². The summed E-state index contributed by atoms with van der Waals surface area (Å²) in [5, 5.41) is 2.55. The van der Waals surface area contributed by atoms with Gasteiger partial charge in [0.15, 0.2) is 11.5 Å². The molecule has 0 atom stereocenters. The fraction of sp³-hybridized carbons (Fsp3) is 0.154. The van der Waals surface area contributed by atoms with Crippen LogP contribution in [0.2, 0.25) is 0 Å². The van der Waals surface area contributed by atoms with Crippen LogP contribution in [0.25, 0.3) is 6.08 Å². The maximum absolute atomic E-state index is 14.0. The number of urea groups is 1. The number of benzene rings is 3. The zero-order valence-electron chi connectivity index (χ0n) is 18.6. The third kappa shape index (κ3) is 5.12. The summed E-state index contributed by atoms with van der Waals surface area (Å²) in [6, 6.07) is 16.9. The number of methoxy groups -OCH3 is 1. The van der Waals surface area contributed by atoms with Gasteiger partial charge in [-0.25, -0.2) is 9.18 Å². The van der Waals surface area contributed by atoms with E-state index in [0.717, 1.165) is 10.5 Å². The Balaban J connectivity index is 1.53. The predicted octanol–water partition coefficient (Wildman–Crippen LogP) is 5.58. The van der Waals surface area contributed by atoms with Crippen LogP contribution in [0.3, 0.4) is 0 Å². The van der Waals surface area contributed by atoms with E-state index in [9.17, 15) is 14.0 Å². The second kappa shape index (κ2) is 10.1. The number of carbonyl (C=O) groups is 2. The summed E-state index contributed by atoms with van der Waals surface area (Å²) in [7, 11) is 1.52. The molecule has 1 N–H and O–H groups in total. The zero-order chi connectivity index (χ0) is 24.2. The quantitative estimate of drug-likeness (QED) is 0.323. The number of rotatable bonds is 7. The van der Waals surface area contributed by atoms with E-state index in [1.165, 1.54) is 24.8 Å². The Bertz CT molecular complexity index is 1270. The first-order valence-corrected chi connectivity index (χ1v) is 11.3. The molecule has 6 nitrogen and oxygen atoms in total. The fourth-order valence-electron chi connectivity index (χ4n) is 3.48. The lowest BCUT2D eigenvalue weighted by atomic mass is 10.1. The molecule has 0 radical (unpaired) electrons. The highest BCUT2D eigenvalue weighted by molar-refractivity contribution is 9.10. The molecule has 0 saturated carbocycles. The number of hydrogen-bond donors (Lipinski definition) is 1. The average Bonchev–Trinajstić information content (AvgIpc) is 3.07. The molecule has 1 aliphatic heterocycles. The minimum absolute atomic E-state index is 0.0867. The smallest absolute Gasteiger partial charge is 0.329 e. The lowest BCUT2D eigenvalue weighted by molar-refractivity contribution is -0.123. The second-order valence-electron chi connectivity index (χ2n) is 7.78. The lowest BCUT2D eigenvalue weighted by Gasteiger charge is -2.14. The van der Waals surface area contributed by atoms with E-state index in [1.807, 2.05) is 31.2 Å². The molecule has 1 heterocycles. The van der Waals surface area contributed by atoms with E-state index < -0.39 is 17.8 Å². The first kappa shape index (κ1) is 23.5. The van der Waals surface area contributed by atoms with Gasteiger partial charge in [-0.1, -0.05) is 48.0 Å². The maximum atomic E-state index is 14.0. The third-order valence-corrected chi connectivity index (χ3v) is 5.90. The van der Waals surface area contributed by atoms with Gasteiger partial charge in [0.1, 0.15) is 18.1 Å². The molecule has 8 heteroatoms. The summed E-state index contributed by atoms with van der Waals surface area (Å²) in [6.45, 7) is 2.22. The van der Waals surface area contributed by atoms with Crippen LogP contribution < -0.4 is 14.8 Å². The molecule has 0 bridgehead atoms. The summed E-state index contributed by atoms with van der Waals surface area (Å²) >= 11 is 3.51. The number of nitrogens with one attached hydrogen (secondary N) is 1. The normalized spacial score (nSPS) is 14.5. The van der Waals surface area contributed by atoms with Crippen LogP contribution in [0.15, 0.2) is 70.8 Å². The molecule has 1 fully saturated rings. The van der Waals surface area contributed by atoms with Crippen molar-refractivity contribution in [1.82, 2.24) is 10.2 Å². The van der Waals surface area contributed by atoms with Gasteiger partial charge in [-0.2, -0.15) is 0 Å². The molecule has 0 aromatic heterocycles. The first-order chi connectivity index (χ1) is 16.4. The van der Waals surface area contributed by atoms with Gasteiger partial charge < -0.3 is 14.8 Å². The van der Waals surface area contributed by atoms with Crippen LogP contribution in [0.5, 0.6) is 11.5 Å². The maximum Gasteiger partial charge on any atom is 0.329 e. The molecular formula is C26H22BrFN2O4. The highest BCUT2D eigenvalue weighted by Crippen LogP contribution is 2.38. The summed E-state index contributed by atoms with van der Waals surface area (Å²) in [5.41, 5.74) is 3.14. The molecule has 3 aromatic carbocycles. The Kier molecular flexibility index (Phi) is 6.98. The van der Waals surface area contributed by atoms with Gasteiger partial charge in [-0.05, 0) is 58.3 Å². The SMILES string of the molecule is COc1cc(/C=C2/NC(=O)N(Cc3ccccc3F)C2=O)cc(Br)c1OCc1ccc(C)cc1. The van der Waals surface area contributed by atoms with Crippen molar-refractivity contribution >= 4 is 33.9 Å². The molecule has 1 saturated heterocycles. The van der Waals surface area contributed by atoms with E-state index in [2.05, 4.69) is 21.2 Å². The average molecular weight is 525 g/mol. The largest absolute Gasteiger partial charge is 0.493 e. The molecule has 34 heavy (non-hydrogen) atoms. The molecule has 0 aliphatic carbocycles. The predicted molar refractivity (Wildman–Crippen MR) is 130 cm³/mol. The van der Waals surface area contributed by atoms with Crippen molar-refractivity contribution < 1.29 is 23.5 Å². The minimum atomic E-state index is -0.608. The number of halogens is 2. The van der Waals surface area contributed by atoms with Crippen molar-refractivity contribution in [3.8, 4) is 11.5 Å². The lowest BCUT2D eigenvalue weighted by Crippen LogP contribution is -2.30. The zero-order valence-corrected chi connectivity index (χ0v) is 20.2. The van der Waals surface area contributed by atoms with Crippen molar-refractivity contribution in [1.29, 1.82) is 0 Å². The van der Waals surface area contributed by atoms with Crippen molar-refractivity contribution in [2.45, 2.75) is 20.1 Å². The van der Waals surface area contributed by atoms with Crippen LogP contribution >= 0.6 is 15.9 Å². The van der Waals surface area contributed by atoms with Crippen LogP contribution in [0.1, 0.15) is 22.3 Å². The number of carbonyl (C=O) groups excluding carboxylic acids is 2. The second-order valence-corrected chi connectivity index (χ2v) is 8.63. The fourth-order valence-corrected chi connectivity index (χ4v) is 4.06. The van der Waals surface area contributed by atoms with Gasteiger partial charge in [0.2, 0.25) is 0 Å². The van der Waals surface area contributed by atoms with Crippen LogP contribution in [-0.2, 0) is 17.9 Å². The Morgan fingerprint density at radius 3 is 2.53 bits per heavy atom. The number of nitrogens with zero attached hydrogens (tertiary/aromatic N) is 1. The number of hydrogen-bond acceptors (Lipinski definition) is 4. The number of imide groups is 1. The molecular weight excluding hydrogens is 503 g/mol. The van der Waals surface area contributed by atoms with Gasteiger partial charge in [0.05, 0.1) is 18.1 Å². The summed E-state index contributed by atoms with van der Waals surface area (Å²) < 4.78 is 26.1. The summed E-state index contributed by atoms with van der Waals surface area (Å²) in [6.07, 6.45) is 1.54. The van der Waals surface area contributed by atoms with Crippen molar-refractivity contribution in [3.63, 3.8) is 0 Å². The van der Waals surface area contributed by atoms with E-state index in [4.69, 9.17) is 9.47 Å². The topological polar surface area (TPSA) is 67.9 Å². The van der Waals surface area contributed by atoms with E-state index in [1.54, 1.807) is 30.3 Å². The van der Waals surface area contributed by atoms with Crippen LogP contribution in [0.4, 0.5) is 9.18 Å². The summed E-state index contributed by atoms with van der Waals surface area (Å²) in [4.78, 5) is 26.1. The molecule has 1 aliphatic rings. The standard InChI is InChI=1S/C26H22BrFN2O4/c1-16-7-9-17(10-8-16)15-34-24-20(27)11-18(13-23(24)33-2)12-22-25(31)30(26(32)29-22)14-19-5-3-4-6-21(19)28/h3-13H,14-15H2,1-2H3,(H,29,32)/b22-12+. The van der Waals surface area contributed by atoms with Crippen molar-refractivity contribution in [3.05, 3.63) is 98.9 Å². The Labute approximate surface area is 205 Å². The highest BCUT2D eigenvalue weighted by atomic mass is 79.9. The van der Waals surface area contributed by atoms with E-state index in [0.29, 0.717) is 28.1 Å². The molecule has 0 spiro atoms. The number of aryl methyl sites for hydroxylation is 1. The van der Waals surface area contributed by atoms with Crippen molar-refractivity contribution in [2.75, 3.05) is 7.11 Å². The van der Waals surface area contributed by atoms with Gasteiger partial charge in [-0.15, -0.1) is 0 Å². The van der Waals surface area contributed by atoms with Crippen LogP contribution in [-0.4, -0.2) is 23.9 Å². The molecule has 3 amide bonds. The number of ether oxygens (including phenoxy) is 2. The molecule has 4 rings (SSSR count). The Hall–Kier alpha value is -3.65. The van der Waals surface area contributed by atoms with Gasteiger partial charge >= 0.3 is 6.03 Å².